The van der Waals surface area contributed by atoms with Gasteiger partial charge in [-0.25, -0.2) is 4.68 Å². The number of nitro groups is 1. The molecule has 2 aromatic rings. The van der Waals surface area contributed by atoms with Crippen molar-refractivity contribution < 1.29 is 4.92 Å². The van der Waals surface area contributed by atoms with Crippen LogP contribution in [0.1, 0.15) is 18.0 Å². The Morgan fingerprint density at radius 1 is 1.56 bits per heavy atom. The van der Waals surface area contributed by atoms with Gasteiger partial charge in [-0.15, -0.1) is 16.7 Å². The SMILES string of the molecule is CC(Cl)c1cn(-c2cc([N+](=O)[O-])ccc2Br)nn1. The van der Waals surface area contributed by atoms with E-state index in [-0.39, 0.29) is 11.1 Å². The van der Waals surface area contributed by atoms with Crippen LogP contribution >= 0.6 is 27.5 Å². The molecule has 2 rings (SSSR count). The first-order valence-corrected chi connectivity index (χ1v) is 6.22. The molecule has 0 amide bonds. The van der Waals surface area contributed by atoms with Crippen LogP contribution in [-0.2, 0) is 0 Å². The summed E-state index contributed by atoms with van der Waals surface area (Å²) in [5.74, 6) is 0. The number of non-ortho nitro benzene ring substituents is 1. The van der Waals surface area contributed by atoms with Crippen molar-refractivity contribution in [3.8, 4) is 5.69 Å². The second-order valence-corrected chi connectivity index (χ2v) is 5.11. The van der Waals surface area contributed by atoms with Gasteiger partial charge in [-0.05, 0) is 28.9 Å². The zero-order valence-corrected chi connectivity index (χ0v) is 11.6. The molecule has 0 bridgehead atoms. The van der Waals surface area contributed by atoms with Crippen molar-refractivity contribution in [2.75, 3.05) is 0 Å². The van der Waals surface area contributed by atoms with E-state index in [4.69, 9.17) is 11.6 Å². The number of aromatic nitrogens is 3. The standard InChI is InChI=1S/C10H8BrClN4O2/c1-6(12)9-5-15(14-13-9)10-4-7(16(17)18)2-3-8(10)11/h2-6H,1H3. The summed E-state index contributed by atoms with van der Waals surface area (Å²) in [5, 5.41) is 18.3. The number of hydrogen-bond acceptors (Lipinski definition) is 4. The van der Waals surface area contributed by atoms with Gasteiger partial charge in [0.1, 0.15) is 5.69 Å². The van der Waals surface area contributed by atoms with Crippen LogP contribution in [0.25, 0.3) is 5.69 Å². The molecule has 0 fully saturated rings. The number of rotatable bonds is 3. The van der Waals surface area contributed by atoms with Crippen molar-refractivity contribution in [3.63, 3.8) is 0 Å². The molecule has 8 heteroatoms. The third-order valence-electron chi connectivity index (χ3n) is 2.31. The first-order chi connectivity index (χ1) is 8.49. The Morgan fingerprint density at radius 3 is 2.83 bits per heavy atom. The highest BCUT2D eigenvalue weighted by molar-refractivity contribution is 9.10. The minimum Gasteiger partial charge on any atom is -0.258 e. The van der Waals surface area contributed by atoms with E-state index in [9.17, 15) is 10.1 Å². The van der Waals surface area contributed by atoms with E-state index in [1.807, 2.05) is 0 Å². The Kier molecular flexibility index (Phi) is 3.63. The lowest BCUT2D eigenvalue weighted by Gasteiger charge is -2.03. The van der Waals surface area contributed by atoms with Crippen molar-refractivity contribution in [3.05, 3.63) is 44.7 Å². The van der Waals surface area contributed by atoms with E-state index in [2.05, 4.69) is 26.2 Å². The van der Waals surface area contributed by atoms with Gasteiger partial charge in [0.25, 0.3) is 5.69 Å². The minimum atomic E-state index is -0.460. The average Bonchev–Trinajstić information content (AvgIpc) is 2.78. The molecule has 1 unspecified atom stereocenters. The Hall–Kier alpha value is -1.47. The fraction of sp³-hybridized carbons (Fsp3) is 0.200. The highest BCUT2D eigenvalue weighted by atomic mass is 79.9. The molecule has 6 nitrogen and oxygen atoms in total. The molecule has 0 N–H and O–H groups in total. The molecule has 94 valence electrons. The van der Waals surface area contributed by atoms with Gasteiger partial charge in [0.15, 0.2) is 0 Å². The Balaban J connectivity index is 2.48. The number of nitrogens with zero attached hydrogens (tertiary/aromatic N) is 4. The molecular formula is C10H8BrClN4O2. The molecule has 1 aromatic heterocycles. The maximum atomic E-state index is 10.7. The average molecular weight is 332 g/mol. The molecular weight excluding hydrogens is 323 g/mol. The quantitative estimate of drug-likeness (QED) is 0.491. The number of alkyl halides is 1. The van der Waals surface area contributed by atoms with E-state index >= 15 is 0 Å². The van der Waals surface area contributed by atoms with E-state index in [0.717, 1.165) is 0 Å². The fourth-order valence-corrected chi connectivity index (χ4v) is 1.90. The summed E-state index contributed by atoms with van der Waals surface area (Å²) >= 11 is 9.21. The highest BCUT2D eigenvalue weighted by Crippen LogP contribution is 2.26. The maximum Gasteiger partial charge on any atom is 0.271 e. The molecule has 0 radical (unpaired) electrons. The lowest BCUT2D eigenvalue weighted by Crippen LogP contribution is -1.98. The van der Waals surface area contributed by atoms with Crippen molar-refractivity contribution in [1.29, 1.82) is 0 Å². The highest BCUT2D eigenvalue weighted by Gasteiger charge is 2.13. The van der Waals surface area contributed by atoms with Crippen molar-refractivity contribution >= 4 is 33.2 Å². The molecule has 18 heavy (non-hydrogen) atoms. The molecule has 0 saturated carbocycles. The molecule has 0 aliphatic rings. The van der Waals surface area contributed by atoms with Crippen molar-refractivity contribution in [1.82, 2.24) is 15.0 Å². The monoisotopic (exact) mass is 330 g/mol. The second-order valence-electron chi connectivity index (χ2n) is 3.60. The van der Waals surface area contributed by atoms with Gasteiger partial charge < -0.3 is 0 Å². The van der Waals surface area contributed by atoms with Crippen LogP contribution in [-0.4, -0.2) is 19.9 Å². The van der Waals surface area contributed by atoms with Gasteiger partial charge in [-0.1, -0.05) is 5.21 Å². The molecule has 0 saturated heterocycles. The lowest BCUT2D eigenvalue weighted by atomic mass is 10.3. The number of nitro benzene ring substituents is 1. The zero-order chi connectivity index (χ0) is 13.3. The summed E-state index contributed by atoms with van der Waals surface area (Å²) in [6.07, 6.45) is 1.64. The zero-order valence-electron chi connectivity index (χ0n) is 9.25. The van der Waals surface area contributed by atoms with Crippen LogP contribution < -0.4 is 0 Å². The van der Waals surface area contributed by atoms with Gasteiger partial charge in [-0.2, -0.15) is 0 Å². The Labute approximate surface area is 116 Å². The first kappa shape index (κ1) is 13.0. The van der Waals surface area contributed by atoms with Gasteiger partial charge in [0.05, 0.1) is 22.2 Å². The van der Waals surface area contributed by atoms with E-state index in [1.165, 1.54) is 16.8 Å². The number of hydrogen-bond donors (Lipinski definition) is 0. The summed E-state index contributed by atoms with van der Waals surface area (Å²) in [4.78, 5) is 10.3. The molecule has 1 aromatic carbocycles. The largest absolute Gasteiger partial charge is 0.271 e. The van der Waals surface area contributed by atoms with Gasteiger partial charge in [0.2, 0.25) is 0 Å². The van der Waals surface area contributed by atoms with E-state index in [1.54, 1.807) is 19.2 Å². The maximum absolute atomic E-state index is 10.7. The lowest BCUT2D eigenvalue weighted by molar-refractivity contribution is -0.384. The number of benzene rings is 1. The van der Waals surface area contributed by atoms with Crippen molar-refractivity contribution in [2.45, 2.75) is 12.3 Å². The normalized spacial score (nSPS) is 12.4. The van der Waals surface area contributed by atoms with Crippen LogP contribution in [0.2, 0.25) is 0 Å². The topological polar surface area (TPSA) is 73.8 Å². The summed E-state index contributed by atoms with van der Waals surface area (Å²) in [7, 11) is 0. The summed E-state index contributed by atoms with van der Waals surface area (Å²) < 4.78 is 2.14. The fourth-order valence-electron chi connectivity index (χ4n) is 1.37. The third-order valence-corrected chi connectivity index (χ3v) is 3.20. The Bertz CT molecular complexity index is 599. The van der Waals surface area contributed by atoms with Gasteiger partial charge >= 0.3 is 0 Å². The predicted molar refractivity (Wildman–Crippen MR) is 70.0 cm³/mol. The third kappa shape index (κ3) is 2.51. The van der Waals surface area contributed by atoms with Gasteiger partial charge in [0, 0.05) is 16.6 Å². The molecule has 1 atom stereocenters. The predicted octanol–water partition coefficient (Wildman–Crippen LogP) is 3.24. The summed E-state index contributed by atoms with van der Waals surface area (Å²) in [5.41, 5.74) is 1.14. The molecule has 0 spiro atoms. The van der Waals surface area contributed by atoms with Crippen LogP contribution in [0.15, 0.2) is 28.9 Å². The van der Waals surface area contributed by atoms with Crippen LogP contribution in [0.4, 0.5) is 5.69 Å². The van der Waals surface area contributed by atoms with E-state index in [0.29, 0.717) is 15.9 Å². The summed E-state index contributed by atoms with van der Waals surface area (Å²) in [6, 6.07) is 4.43. The molecule has 0 aliphatic carbocycles. The molecule has 1 heterocycles. The van der Waals surface area contributed by atoms with Crippen LogP contribution in [0.3, 0.4) is 0 Å². The van der Waals surface area contributed by atoms with Gasteiger partial charge in [-0.3, -0.25) is 10.1 Å². The van der Waals surface area contributed by atoms with E-state index < -0.39 is 4.92 Å². The first-order valence-electron chi connectivity index (χ1n) is 4.99. The van der Waals surface area contributed by atoms with Crippen LogP contribution in [0, 0.1) is 10.1 Å². The summed E-state index contributed by atoms with van der Waals surface area (Å²) in [6.45, 7) is 1.78. The van der Waals surface area contributed by atoms with Crippen LogP contribution in [0.5, 0.6) is 0 Å². The minimum absolute atomic E-state index is 0.0100. The smallest absolute Gasteiger partial charge is 0.258 e. The second kappa shape index (κ2) is 5.03. The van der Waals surface area contributed by atoms with Crippen molar-refractivity contribution in [2.24, 2.45) is 0 Å². The Morgan fingerprint density at radius 2 is 2.28 bits per heavy atom. The molecule has 0 aliphatic heterocycles. The number of halogens is 2.